The van der Waals surface area contributed by atoms with Crippen molar-refractivity contribution in [3.05, 3.63) is 12.2 Å². The van der Waals surface area contributed by atoms with Crippen LogP contribution in [0.25, 0.3) is 0 Å². The number of hydrogen-bond acceptors (Lipinski definition) is 5. The molecule has 5 nitrogen and oxygen atoms in total. The smallest absolute Gasteiger partial charge is 0.187 e. The molecular weight excluding hydrogens is 236 g/mol. The summed E-state index contributed by atoms with van der Waals surface area (Å²) in [6, 6.07) is 0. The fraction of sp³-hybridized carbons (Fsp3) is 0.769. The summed E-state index contributed by atoms with van der Waals surface area (Å²) in [5.74, 6) is -1.53. The summed E-state index contributed by atoms with van der Waals surface area (Å²) in [5, 5.41) is 0. The minimum Gasteiger partial charge on any atom is -0.347 e. The number of fused-ring (bicyclic) bond motifs is 2. The third-order valence-electron chi connectivity index (χ3n) is 3.47. The van der Waals surface area contributed by atoms with E-state index in [1.54, 1.807) is 19.9 Å². The molecule has 0 radical (unpaired) electrons. The molecule has 1 aliphatic carbocycles. The first-order chi connectivity index (χ1) is 8.23. The number of rotatable bonds is 0. The van der Waals surface area contributed by atoms with Crippen molar-refractivity contribution in [1.82, 2.24) is 0 Å². The van der Waals surface area contributed by atoms with Crippen LogP contribution in [0.15, 0.2) is 12.2 Å². The highest BCUT2D eigenvalue weighted by molar-refractivity contribution is 5.96. The maximum Gasteiger partial charge on any atom is 0.187 e. The lowest BCUT2D eigenvalue weighted by Gasteiger charge is -2.35. The molecule has 0 aromatic heterocycles. The monoisotopic (exact) mass is 254 g/mol. The average Bonchev–Trinajstić information content (AvgIpc) is 2.72. The fourth-order valence-electron chi connectivity index (χ4n) is 2.76. The van der Waals surface area contributed by atoms with Crippen LogP contribution in [-0.4, -0.2) is 41.8 Å². The first-order valence-corrected chi connectivity index (χ1v) is 6.16. The van der Waals surface area contributed by atoms with Crippen molar-refractivity contribution in [3.63, 3.8) is 0 Å². The summed E-state index contributed by atoms with van der Waals surface area (Å²) < 4.78 is 23.1. The summed E-state index contributed by atoms with van der Waals surface area (Å²) in [6.45, 7) is 7.66. The summed E-state index contributed by atoms with van der Waals surface area (Å²) in [6.07, 6.45) is 2.20. The minimum atomic E-state index is -0.778. The number of carbonyl (C=O) groups excluding carboxylic acids is 1. The average molecular weight is 254 g/mol. The largest absolute Gasteiger partial charge is 0.347 e. The van der Waals surface area contributed by atoms with Crippen LogP contribution in [0, 0.1) is 0 Å². The molecule has 2 heterocycles. The molecule has 3 atom stereocenters. The quantitative estimate of drug-likeness (QED) is 0.649. The van der Waals surface area contributed by atoms with E-state index < -0.39 is 29.4 Å². The molecule has 0 unspecified atom stereocenters. The highest BCUT2D eigenvalue weighted by Gasteiger charge is 2.61. The van der Waals surface area contributed by atoms with Crippen molar-refractivity contribution in [1.29, 1.82) is 0 Å². The van der Waals surface area contributed by atoms with Gasteiger partial charge in [-0.2, -0.15) is 0 Å². The Bertz CT molecular complexity index is 425. The highest BCUT2D eigenvalue weighted by Crippen LogP contribution is 2.44. The van der Waals surface area contributed by atoms with Crippen LogP contribution in [0.2, 0.25) is 0 Å². The Morgan fingerprint density at radius 1 is 1.17 bits per heavy atom. The molecule has 5 heteroatoms. The van der Waals surface area contributed by atoms with E-state index in [0.717, 1.165) is 0 Å². The second-order valence-electron chi connectivity index (χ2n) is 5.96. The van der Waals surface area contributed by atoms with Crippen LogP contribution in [-0.2, 0) is 23.7 Å². The van der Waals surface area contributed by atoms with Crippen LogP contribution in [0.5, 0.6) is 0 Å². The van der Waals surface area contributed by atoms with Gasteiger partial charge in [-0.05, 0) is 39.8 Å². The third-order valence-corrected chi connectivity index (χ3v) is 3.47. The lowest BCUT2D eigenvalue weighted by Crippen LogP contribution is -2.54. The van der Waals surface area contributed by atoms with Crippen molar-refractivity contribution >= 4 is 5.78 Å². The molecule has 100 valence electrons. The molecular formula is C13H18O5. The Labute approximate surface area is 106 Å². The molecule has 0 saturated carbocycles. The van der Waals surface area contributed by atoms with E-state index in [4.69, 9.17) is 18.9 Å². The van der Waals surface area contributed by atoms with Gasteiger partial charge in [-0.15, -0.1) is 0 Å². The van der Waals surface area contributed by atoms with Gasteiger partial charge in [0.15, 0.2) is 23.5 Å². The van der Waals surface area contributed by atoms with Gasteiger partial charge in [0.2, 0.25) is 0 Å². The van der Waals surface area contributed by atoms with Gasteiger partial charge in [0.1, 0.15) is 11.7 Å². The lowest BCUT2D eigenvalue weighted by atomic mass is 9.86. The van der Waals surface area contributed by atoms with E-state index in [0.29, 0.717) is 6.61 Å². The zero-order valence-electron chi connectivity index (χ0n) is 11.1. The van der Waals surface area contributed by atoms with Crippen LogP contribution < -0.4 is 0 Å². The van der Waals surface area contributed by atoms with E-state index in [1.165, 1.54) is 6.08 Å². The second-order valence-corrected chi connectivity index (χ2v) is 5.96. The van der Waals surface area contributed by atoms with Crippen LogP contribution >= 0.6 is 0 Å². The summed E-state index contributed by atoms with van der Waals surface area (Å²) in [7, 11) is 0. The number of carbonyl (C=O) groups is 1. The Hall–Kier alpha value is -0.750. The maximum absolute atomic E-state index is 11.9. The van der Waals surface area contributed by atoms with Gasteiger partial charge in [-0.1, -0.05) is 0 Å². The van der Waals surface area contributed by atoms with Gasteiger partial charge < -0.3 is 18.9 Å². The zero-order valence-corrected chi connectivity index (χ0v) is 11.1. The van der Waals surface area contributed by atoms with Gasteiger partial charge in [-0.3, -0.25) is 4.79 Å². The van der Waals surface area contributed by atoms with E-state index in [-0.39, 0.29) is 5.78 Å². The highest BCUT2D eigenvalue weighted by atomic mass is 16.8. The zero-order chi connectivity index (χ0) is 13.2. The molecule has 3 rings (SSSR count). The number of ketones is 1. The summed E-state index contributed by atoms with van der Waals surface area (Å²) >= 11 is 0. The molecule has 2 fully saturated rings. The van der Waals surface area contributed by atoms with Crippen LogP contribution in [0.1, 0.15) is 27.7 Å². The topological polar surface area (TPSA) is 54.0 Å². The van der Waals surface area contributed by atoms with Crippen molar-refractivity contribution in [3.8, 4) is 0 Å². The van der Waals surface area contributed by atoms with Crippen molar-refractivity contribution in [2.24, 2.45) is 0 Å². The Balaban J connectivity index is 1.97. The molecule has 3 aliphatic rings. The SMILES string of the molecule is CC1(C)O[C@H]2C(=O)C=C[C@@]3(COC(C)(C)O3)[C@H]2O1. The van der Waals surface area contributed by atoms with Gasteiger partial charge in [0.05, 0.1) is 6.61 Å². The molecule has 2 saturated heterocycles. The molecule has 0 N–H and O–H groups in total. The van der Waals surface area contributed by atoms with E-state index in [1.807, 2.05) is 13.8 Å². The molecule has 18 heavy (non-hydrogen) atoms. The lowest BCUT2D eigenvalue weighted by molar-refractivity contribution is -0.192. The Kier molecular flexibility index (Phi) is 2.33. The maximum atomic E-state index is 11.9. The van der Waals surface area contributed by atoms with Gasteiger partial charge in [-0.25, -0.2) is 0 Å². The standard InChI is InChI=1S/C13H18O5/c1-11(2)15-7-13(18-11)6-5-8(14)9-10(13)17-12(3,4)16-9/h5-6,9-10H,7H2,1-4H3/t9-,10-,13+/m0/s1. The van der Waals surface area contributed by atoms with Gasteiger partial charge in [0, 0.05) is 0 Å². The van der Waals surface area contributed by atoms with Gasteiger partial charge >= 0.3 is 0 Å². The van der Waals surface area contributed by atoms with E-state index in [9.17, 15) is 4.79 Å². The fourth-order valence-corrected chi connectivity index (χ4v) is 2.76. The number of ether oxygens (including phenoxy) is 4. The van der Waals surface area contributed by atoms with Crippen LogP contribution in [0.3, 0.4) is 0 Å². The Morgan fingerprint density at radius 2 is 1.89 bits per heavy atom. The predicted octanol–water partition coefficient (Wildman–Crippen LogP) is 1.17. The predicted molar refractivity (Wildman–Crippen MR) is 61.8 cm³/mol. The van der Waals surface area contributed by atoms with Gasteiger partial charge in [0.25, 0.3) is 0 Å². The molecule has 0 aromatic carbocycles. The summed E-state index contributed by atoms with van der Waals surface area (Å²) in [4.78, 5) is 11.9. The Morgan fingerprint density at radius 3 is 2.50 bits per heavy atom. The molecule has 0 bridgehead atoms. The molecule has 0 aromatic rings. The van der Waals surface area contributed by atoms with Crippen molar-refractivity contribution in [2.45, 2.75) is 57.1 Å². The molecule has 1 spiro atoms. The first kappa shape index (κ1) is 12.3. The van der Waals surface area contributed by atoms with Crippen molar-refractivity contribution < 1.29 is 23.7 Å². The molecule has 0 amide bonds. The molecule has 2 aliphatic heterocycles. The first-order valence-electron chi connectivity index (χ1n) is 6.16. The summed E-state index contributed by atoms with van der Waals surface area (Å²) in [5.41, 5.74) is -0.726. The van der Waals surface area contributed by atoms with E-state index in [2.05, 4.69) is 0 Å². The van der Waals surface area contributed by atoms with Crippen LogP contribution in [0.4, 0.5) is 0 Å². The second kappa shape index (κ2) is 3.42. The number of hydrogen-bond donors (Lipinski definition) is 0. The van der Waals surface area contributed by atoms with E-state index >= 15 is 0 Å². The van der Waals surface area contributed by atoms with Crippen molar-refractivity contribution in [2.75, 3.05) is 6.61 Å². The minimum absolute atomic E-state index is 0.0792. The third kappa shape index (κ3) is 1.73. The normalized spacial score (nSPS) is 44.6.